The fourth-order valence-electron chi connectivity index (χ4n) is 2.21. The van der Waals surface area contributed by atoms with E-state index >= 15 is 0 Å². The molecule has 2 heterocycles. The molecule has 130 valence electrons. The number of carbonyl (C=O) groups is 1. The van der Waals surface area contributed by atoms with E-state index in [0.717, 1.165) is 11.3 Å². The summed E-state index contributed by atoms with van der Waals surface area (Å²) in [6, 6.07) is 5.52. The highest BCUT2D eigenvalue weighted by molar-refractivity contribution is 7.15. The summed E-state index contributed by atoms with van der Waals surface area (Å²) in [5.41, 5.74) is 2.26. The smallest absolute Gasteiger partial charge is 0.250 e. The first-order valence-electron chi connectivity index (χ1n) is 7.70. The number of nitrogens with zero attached hydrogens (tertiary/aromatic N) is 5. The molecule has 1 unspecified atom stereocenters. The summed E-state index contributed by atoms with van der Waals surface area (Å²) in [4.78, 5) is 16.0. The van der Waals surface area contributed by atoms with E-state index < -0.39 is 6.04 Å². The molecule has 2 aromatic heterocycles. The van der Waals surface area contributed by atoms with Gasteiger partial charge in [-0.05, 0) is 32.4 Å². The monoisotopic (exact) mass is 358 g/mol. The predicted molar refractivity (Wildman–Crippen MR) is 93.5 cm³/mol. The zero-order chi connectivity index (χ0) is 17.8. The minimum Gasteiger partial charge on any atom is -0.486 e. The van der Waals surface area contributed by atoms with E-state index in [4.69, 9.17) is 4.74 Å². The van der Waals surface area contributed by atoms with Crippen LogP contribution < -0.4 is 10.1 Å². The molecule has 0 fully saturated rings. The highest BCUT2D eigenvalue weighted by atomic mass is 32.1. The van der Waals surface area contributed by atoms with E-state index in [2.05, 4.69) is 31.7 Å². The predicted octanol–water partition coefficient (Wildman–Crippen LogP) is 2.53. The van der Waals surface area contributed by atoms with Crippen molar-refractivity contribution in [2.24, 2.45) is 0 Å². The maximum atomic E-state index is 12.2. The van der Waals surface area contributed by atoms with Crippen LogP contribution in [0.25, 0.3) is 0 Å². The fourth-order valence-corrected chi connectivity index (χ4v) is 2.87. The normalized spacial score (nSPS) is 12.0. The van der Waals surface area contributed by atoms with Crippen molar-refractivity contribution in [2.45, 2.75) is 33.4 Å². The summed E-state index contributed by atoms with van der Waals surface area (Å²) >= 11 is 1.28. The Bertz CT molecular complexity index is 861. The van der Waals surface area contributed by atoms with Gasteiger partial charge in [-0.2, -0.15) is 5.10 Å². The van der Waals surface area contributed by atoms with Crippen molar-refractivity contribution in [1.82, 2.24) is 25.0 Å². The first-order valence-corrected chi connectivity index (χ1v) is 8.52. The SMILES string of the molecule is Cc1ccc(OCc2nnc(NC(=O)C(C)n3cncn3)s2)c(C)c1. The molecule has 3 rings (SSSR count). The van der Waals surface area contributed by atoms with Crippen LogP contribution in [0.1, 0.15) is 29.1 Å². The molecule has 0 aliphatic carbocycles. The van der Waals surface area contributed by atoms with Crippen molar-refractivity contribution in [3.05, 3.63) is 47.0 Å². The third kappa shape index (κ3) is 4.18. The number of aromatic nitrogens is 5. The molecule has 0 aliphatic heterocycles. The van der Waals surface area contributed by atoms with Gasteiger partial charge < -0.3 is 4.74 Å². The summed E-state index contributed by atoms with van der Waals surface area (Å²) in [5, 5.41) is 15.8. The lowest BCUT2D eigenvalue weighted by molar-refractivity contribution is -0.119. The van der Waals surface area contributed by atoms with Crippen LogP contribution in [-0.4, -0.2) is 30.9 Å². The van der Waals surface area contributed by atoms with Gasteiger partial charge in [0.05, 0.1) is 0 Å². The Kier molecular flexibility index (Phi) is 5.03. The Hall–Kier alpha value is -2.81. The van der Waals surface area contributed by atoms with Crippen molar-refractivity contribution in [2.75, 3.05) is 5.32 Å². The molecule has 1 atom stereocenters. The average molecular weight is 358 g/mol. The number of nitrogens with one attached hydrogen (secondary N) is 1. The molecule has 1 amide bonds. The van der Waals surface area contributed by atoms with Crippen LogP contribution in [0.3, 0.4) is 0 Å². The number of benzene rings is 1. The van der Waals surface area contributed by atoms with Crippen molar-refractivity contribution in [3.63, 3.8) is 0 Å². The van der Waals surface area contributed by atoms with Gasteiger partial charge in [0.2, 0.25) is 5.13 Å². The van der Waals surface area contributed by atoms with Crippen molar-refractivity contribution in [1.29, 1.82) is 0 Å². The van der Waals surface area contributed by atoms with Gasteiger partial charge >= 0.3 is 0 Å². The minimum atomic E-state index is -0.485. The molecule has 0 bridgehead atoms. The van der Waals surface area contributed by atoms with Gasteiger partial charge in [-0.3, -0.25) is 10.1 Å². The first-order chi connectivity index (χ1) is 12.0. The zero-order valence-corrected chi connectivity index (χ0v) is 14.9. The number of hydrogen-bond donors (Lipinski definition) is 1. The van der Waals surface area contributed by atoms with E-state index in [9.17, 15) is 4.79 Å². The first kappa shape index (κ1) is 17.0. The van der Waals surface area contributed by atoms with Gasteiger partial charge in [0, 0.05) is 0 Å². The second-order valence-electron chi connectivity index (χ2n) is 5.60. The van der Waals surface area contributed by atoms with Crippen molar-refractivity contribution < 1.29 is 9.53 Å². The van der Waals surface area contributed by atoms with Crippen LogP contribution in [0.5, 0.6) is 5.75 Å². The molecule has 0 spiro atoms. The summed E-state index contributed by atoms with van der Waals surface area (Å²) < 4.78 is 7.25. The van der Waals surface area contributed by atoms with Crippen LogP contribution >= 0.6 is 11.3 Å². The molecular weight excluding hydrogens is 340 g/mol. The second-order valence-corrected chi connectivity index (χ2v) is 6.66. The van der Waals surface area contributed by atoms with E-state index in [0.29, 0.717) is 16.7 Å². The van der Waals surface area contributed by atoms with Crippen LogP contribution in [0, 0.1) is 13.8 Å². The highest BCUT2D eigenvalue weighted by Gasteiger charge is 2.17. The maximum Gasteiger partial charge on any atom is 0.250 e. The highest BCUT2D eigenvalue weighted by Crippen LogP contribution is 2.22. The summed E-state index contributed by atoms with van der Waals surface area (Å²) in [7, 11) is 0. The molecule has 1 aromatic carbocycles. The number of rotatable bonds is 6. The Balaban J connectivity index is 1.58. The summed E-state index contributed by atoms with van der Waals surface area (Å²) in [6.07, 6.45) is 2.88. The van der Waals surface area contributed by atoms with Gasteiger partial charge in [-0.15, -0.1) is 10.2 Å². The molecule has 9 heteroatoms. The minimum absolute atomic E-state index is 0.233. The van der Waals surface area contributed by atoms with Crippen molar-refractivity contribution >= 4 is 22.4 Å². The van der Waals surface area contributed by atoms with Crippen LogP contribution in [0.2, 0.25) is 0 Å². The lowest BCUT2D eigenvalue weighted by Gasteiger charge is -2.09. The largest absolute Gasteiger partial charge is 0.486 e. The van der Waals surface area contributed by atoms with Crippen LogP contribution in [-0.2, 0) is 11.4 Å². The molecule has 3 aromatic rings. The fraction of sp³-hybridized carbons (Fsp3) is 0.312. The lowest BCUT2D eigenvalue weighted by atomic mass is 10.1. The zero-order valence-electron chi connectivity index (χ0n) is 14.1. The Morgan fingerprint density at radius 2 is 2.20 bits per heavy atom. The lowest BCUT2D eigenvalue weighted by Crippen LogP contribution is -2.23. The Labute approximate surface area is 148 Å². The van der Waals surface area contributed by atoms with Gasteiger partial charge in [0.15, 0.2) is 5.01 Å². The number of hydrogen-bond acceptors (Lipinski definition) is 7. The second kappa shape index (κ2) is 7.39. The van der Waals surface area contributed by atoms with Gasteiger partial charge in [0.25, 0.3) is 5.91 Å². The van der Waals surface area contributed by atoms with E-state index in [1.165, 1.54) is 34.2 Å². The standard InChI is InChI=1S/C16H18N6O2S/c1-10-4-5-13(11(2)6-10)24-7-14-20-21-16(25-14)19-15(23)12(3)22-9-17-8-18-22/h4-6,8-9,12H,7H2,1-3H3,(H,19,21,23). The third-order valence-corrected chi connectivity index (χ3v) is 4.40. The number of ether oxygens (including phenoxy) is 1. The molecule has 1 N–H and O–H groups in total. The molecule has 0 saturated heterocycles. The molecule has 0 radical (unpaired) electrons. The van der Waals surface area contributed by atoms with Gasteiger partial charge in [-0.1, -0.05) is 29.0 Å². The Morgan fingerprint density at radius 1 is 1.36 bits per heavy atom. The summed E-state index contributed by atoms with van der Waals surface area (Å²) in [5.74, 6) is 0.578. The molecule has 0 saturated carbocycles. The van der Waals surface area contributed by atoms with Crippen LogP contribution in [0.15, 0.2) is 30.9 Å². The average Bonchev–Trinajstić information content (AvgIpc) is 3.25. The maximum absolute atomic E-state index is 12.2. The van der Waals surface area contributed by atoms with Crippen LogP contribution in [0.4, 0.5) is 5.13 Å². The Morgan fingerprint density at radius 3 is 2.92 bits per heavy atom. The summed E-state index contributed by atoms with van der Waals surface area (Å²) in [6.45, 7) is 6.07. The molecule has 0 aliphatic rings. The van der Waals surface area contributed by atoms with Gasteiger partial charge in [-0.25, -0.2) is 9.67 Å². The third-order valence-electron chi connectivity index (χ3n) is 3.59. The number of aryl methyl sites for hydroxylation is 2. The number of anilines is 1. The number of carbonyl (C=O) groups excluding carboxylic acids is 1. The topological polar surface area (TPSA) is 94.8 Å². The quantitative estimate of drug-likeness (QED) is 0.727. The van der Waals surface area contributed by atoms with Gasteiger partial charge in [0.1, 0.15) is 31.1 Å². The molecule has 25 heavy (non-hydrogen) atoms. The van der Waals surface area contributed by atoms with Crippen molar-refractivity contribution in [3.8, 4) is 5.75 Å². The van der Waals surface area contributed by atoms with E-state index in [1.54, 1.807) is 6.92 Å². The molecule has 8 nitrogen and oxygen atoms in total. The van der Waals surface area contributed by atoms with E-state index in [1.807, 2.05) is 26.0 Å². The van der Waals surface area contributed by atoms with E-state index in [-0.39, 0.29) is 5.91 Å². The molecular formula is C16H18N6O2S. The number of amides is 1.